The largest absolute Gasteiger partial charge is 0.497 e. The maximum atomic E-state index is 13.3. The highest BCUT2D eigenvalue weighted by Crippen LogP contribution is 2.35. The van der Waals surface area contributed by atoms with Crippen molar-refractivity contribution in [2.75, 3.05) is 32.2 Å². The minimum absolute atomic E-state index is 0.230. The van der Waals surface area contributed by atoms with Crippen molar-refractivity contribution in [2.45, 2.75) is 36.3 Å². The molecule has 170 valence electrons. The number of rotatable bonds is 7. The lowest BCUT2D eigenvalue weighted by molar-refractivity contribution is 0.385. The normalized spacial score (nSPS) is 15.0. The Morgan fingerprint density at radius 1 is 1.06 bits per heavy atom. The Hall–Kier alpha value is -2.58. The Balaban J connectivity index is 1.42. The first-order valence-electron chi connectivity index (χ1n) is 10.6. The molecule has 1 fully saturated rings. The van der Waals surface area contributed by atoms with E-state index in [2.05, 4.69) is 41.5 Å². The van der Waals surface area contributed by atoms with Crippen LogP contribution in [0.2, 0.25) is 0 Å². The van der Waals surface area contributed by atoms with Crippen LogP contribution in [0, 0.1) is 6.92 Å². The molecule has 2 heterocycles. The third-order valence-corrected chi connectivity index (χ3v) is 9.12. The van der Waals surface area contributed by atoms with Crippen LogP contribution in [0.4, 0.5) is 5.13 Å². The molecule has 6 nitrogen and oxygen atoms in total. The Morgan fingerprint density at radius 2 is 1.78 bits per heavy atom. The second-order valence-corrected chi connectivity index (χ2v) is 11.1. The van der Waals surface area contributed by atoms with Gasteiger partial charge < -0.3 is 14.4 Å². The molecule has 0 saturated carbocycles. The van der Waals surface area contributed by atoms with E-state index in [1.54, 1.807) is 36.6 Å². The molecule has 0 bridgehead atoms. The van der Waals surface area contributed by atoms with Crippen LogP contribution < -0.4 is 14.4 Å². The summed E-state index contributed by atoms with van der Waals surface area (Å²) < 4.78 is 37.1. The molecule has 0 unspecified atom stereocenters. The summed E-state index contributed by atoms with van der Waals surface area (Å²) in [6.07, 6.45) is 1.92. The molecule has 8 heteroatoms. The van der Waals surface area contributed by atoms with E-state index in [0.717, 1.165) is 17.2 Å². The van der Waals surface area contributed by atoms with Crippen molar-refractivity contribution in [1.82, 2.24) is 4.98 Å². The molecule has 1 saturated heterocycles. The van der Waals surface area contributed by atoms with Gasteiger partial charge in [-0.3, -0.25) is 0 Å². The lowest BCUT2D eigenvalue weighted by atomic mass is 10.1. The van der Waals surface area contributed by atoms with Gasteiger partial charge in [0.15, 0.2) is 15.0 Å². The number of aromatic nitrogens is 1. The van der Waals surface area contributed by atoms with Crippen molar-refractivity contribution < 1.29 is 17.9 Å². The van der Waals surface area contributed by atoms with Crippen LogP contribution in [0.3, 0.4) is 0 Å². The molecular formula is C24H28N2O4S2. The fourth-order valence-corrected chi connectivity index (χ4v) is 6.73. The predicted molar refractivity (Wildman–Crippen MR) is 128 cm³/mol. The maximum Gasteiger partial charge on any atom is 0.185 e. The number of thiazole rings is 1. The molecule has 0 amide bonds. The Bertz CT molecular complexity index is 1160. The van der Waals surface area contributed by atoms with Gasteiger partial charge in [0.2, 0.25) is 0 Å². The molecule has 2 aromatic carbocycles. The Labute approximate surface area is 193 Å². The van der Waals surface area contributed by atoms with Crippen LogP contribution in [-0.4, -0.2) is 46.0 Å². The van der Waals surface area contributed by atoms with Crippen LogP contribution >= 0.6 is 11.3 Å². The summed E-state index contributed by atoms with van der Waals surface area (Å²) in [6.45, 7) is 3.42. The summed E-state index contributed by atoms with van der Waals surface area (Å²) in [5.41, 5.74) is 3.54. The minimum atomic E-state index is -3.50. The number of anilines is 1. The van der Waals surface area contributed by atoms with E-state index in [-0.39, 0.29) is 4.90 Å². The summed E-state index contributed by atoms with van der Waals surface area (Å²) in [5, 5.41) is 2.62. The van der Waals surface area contributed by atoms with Gasteiger partial charge in [0.25, 0.3) is 0 Å². The van der Waals surface area contributed by atoms with E-state index < -0.39 is 15.1 Å². The Kier molecular flexibility index (Phi) is 6.71. The minimum Gasteiger partial charge on any atom is -0.497 e. The molecule has 0 spiro atoms. The predicted octanol–water partition coefficient (Wildman–Crippen LogP) is 4.50. The number of aryl methyl sites for hydroxylation is 1. The van der Waals surface area contributed by atoms with Crippen LogP contribution in [0.1, 0.15) is 29.7 Å². The van der Waals surface area contributed by atoms with Crippen molar-refractivity contribution in [2.24, 2.45) is 0 Å². The lowest BCUT2D eigenvalue weighted by Crippen LogP contribution is -2.39. The van der Waals surface area contributed by atoms with Gasteiger partial charge in [-0.25, -0.2) is 13.4 Å². The van der Waals surface area contributed by atoms with Crippen molar-refractivity contribution in [3.8, 4) is 11.5 Å². The Morgan fingerprint density at radius 3 is 2.44 bits per heavy atom. The molecule has 0 atom stereocenters. The van der Waals surface area contributed by atoms with E-state index in [0.29, 0.717) is 37.4 Å². The van der Waals surface area contributed by atoms with Gasteiger partial charge in [-0.05, 0) is 37.5 Å². The molecule has 1 aromatic heterocycles. The molecule has 32 heavy (non-hydrogen) atoms. The number of hydrogen-bond acceptors (Lipinski definition) is 7. The van der Waals surface area contributed by atoms with E-state index in [9.17, 15) is 8.42 Å². The number of piperidine rings is 1. The lowest BCUT2D eigenvalue weighted by Gasteiger charge is -2.31. The monoisotopic (exact) mass is 472 g/mol. The highest BCUT2D eigenvalue weighted by molar-refractivity contribution is 7.92. The number of ether oxygens (including phenoxy) is 2. The molecule has 0 N–H and O–H groups in total. The zero-order chi connectivity index (χ0) is 22.7. The number of benzene rings is 2. The maximum absolute atomic E-state index is 13.3. The standard InChI is InChI=1S/C24H28N2O4S2/c1-17-4-6-18(7-5-17)14-19-16-31-24(25-19)26-12-10-21(11-13-26)32(27,28)23-9-8-20(29-2)15-22(23)30-3/h4-9,15-16,21H,10-14H2,1-3H3. The molecule has 4 rings (SSSR count). The van der Waals surface area contributed by atoms with Gasteiger partial charge in [-0.1, -0.05) is 29.8 Å². The average molecular weight is 473 g/mol. The van der Waals surface area contributed by atoms with Gasteiger partial charge in [0.1, 0.15) is 16.4 Å². The van der Waals surface area contributed by atoms with Gasteiger partial charge in [0, 0.05) is 31.0 Å². The van der Waals surface area contributed by atoms with Gasteiger partial charge >= 0.3 is 0 Å². The third kappa shape index (κ3) is 4.76. The second-order valence-electron chi connectivity index (χ2n) is 8.03. The molecular weight excluding hydrogens is 444 g/mol. The zero-order valence-electron chi connectivity index (χ0n) is 18.6. The van der Waals surface area contributed by atoms with E-state index >= 15 is 0 Å². The van der Waals surface area contributed by atoms with Crippen LogP contribution in [-0.2, 0) is 16.3 Å². The molecule has 0 radical (unpaired) electrons. The quantitative estimate of drug-likeness (QED) is 0.504. The van der Waals surface area contributed by atoms with Crippen molar-refractivity contribution in [3.63, 3.8) is 0 Å². The summed E-state index contributed by atoms with van der Waals surface area (Å²) in [6, 6.07) is 13.4. The van der Waals surface area contributed by atoms with Crippen LogP contribution in [0.25, 0.3) is 0 Å². The van der Waals surface area contributed by atoms with Crippen LogP contribution in [0.5, 0.6) is 11.5 Å². The summed E-state index contributed by atoms with van der Waals surface area (Å²) >= 11 is 1.63. The van der Waals surface area contributed by atoms with Gasteiger partial charge in [-0.2, -0.15) is 0 Å². The number of methoxy groups -OCH3 is 2. The van der Waals surface area contributed by atoms with Crippen molar-refractivity contribution >= 4 is 26.3 Å². The SMILES string of the molecule is COc1ccc(S(=O)(=O)C2CCN(c3nc(Cc4ccc(C)cc4)cs3)CC2)c(OC)c1. The summed E-state index contributed by atoms with van der Waals surface area (Å²) in [4.78, 5) is 7.23. The summed E-state index contributed by atoms with van der Waals surface area (Å²) in [7, 11) is -0.474. The van der Waals surface area contributed by atoms with E-state index in [4.69, 9.17) is 14.5 Å². The van der Waals surface area contributed by atoms with Crippen LogP contribution in [0.15, 0.2) is 52.7 Å². The van der Waals surface area contributed by atoms with Gasteiger partial charge in [0.05, 0.1) is 25.2 Å². The second kappa shape index (κ2) is 9.50. The zero-order valence-corrected chi connectivity index (χ0v) is 20.2. The number of sulfone groups is 1. The topological polar surface area (TPSA) is 68.7 Å². The summed E-state index contributed by atoms with van der Waals surface area (Å²) in [5.74, 6) is 0.897. The van der Waals surface area contributed by atoms with E-state index in [1.807, 2.05) is 0 Å². The average Bonchev–Trinajstić information content (AvgIpc) is 3.28. The number of nitrogens with zero attached hydrogens (tertiary/aromatic N) is 2. The van der Waals surface area contributed by atoms with Crippen molar-refractivity contribution in [1.29, 1.82) is 0 Å². The third-order valence-electron chi connectivity index (χ3n) is 5.87. The van der Waals surface area contributed by atoms with Gasteiger partial charge in [-0.15, -0.1) is 11.3 Å². The first-order valence-corrected chi connectivity index (χ1v) is 13.0. The first kappa shape index (κ1) is 22.6. The fraction of sp³-hybridized carbons (Fsp3) is 0.375. The fourth-order valence-electron chi connectivity index (χ4n) is 3.98. The molecule has 0 aliphatic carbocycles. The molecule has 1 aliphatic rings. The van der Waals surface area contributed by atoms with E-state index in [1.165, 1.54) is 18.2 Å². The highest BCUT2D eigenvalue weighted by Gasteiger charge is 2.34. The molecule has 3 aromatic rings. The van der Waals surface area contributed by atoms with Crippen molar-refractivity contribution in [3.05, 3.63) is 64.7 Å². The number of hydrogen-bond donors (Lipinski definition) is 0. The molecule has 1 aliphatic heterocycles. The smallest absolute Gasteiger partial charge is 0.185 e. The highest BCUT2D eigenvalue weighted by atomic mass is 32.2. The first-order chi connectivity index (χ1) is 15.4.